The lowest BCUT2D eigenvalue weighted by Crippen LogP contribution is -2.54. The van der Waals surface area contributed by atoms with Gasteiger partial charge in [-0.15, -0.1) is 0 Å². The molecule has 0 radical (unpaired) electrons. The average molecular weight is 1030 g/mol. The molecule has 8 atom stereocenters. The molecule has 0 aromatic rings. The number of rotatable bonds is 16. The van der Waals surface area contributed by atoms with E-state index in [1.54, 1.807) is 96.9 Å². The van der Waals surface area contributed by atoms with E-state index in [0.29, 0.717) is 29.6 Å². The van der Waals surface area contributed by atoms with Gasteiger partial charge in [-0.2, -0.15) is 9.80 Å². The molecular weight excluding hydrogens is 941 g/mol. The fourth-order valence-corrected chi connectivity index (χ4v) is 6.51. The molecule has 2 rings (SSSR count). The Morgan fingerprint density at radius 2 is 0.889 bits per heavy atom. The summed E-state index contributed by atoms with van der Waals surface area (Å²) in [6.07, 6.45) is -4.35. The van der Waals surface area contributed by atoms with Crippen LogP contribution in [-0.2, 0) is 66.4 Å². The Bertz CT molecular complexity index is 1650. The van der Waals surface area contributed by atoms with E-state index in [2.05, 4.69) is 20.4 Å². The van der Waals surface area contributed by atoms with Gasteiger partial charge in [0.25, 0.3) is 0 Å². The number of amides is 4. The molecule has 0 aromatic heterocycles. The minimum atomic E-state index is -1.44. The lowest BCUT2D eigenvalue weighted by Gasteiger charge is -2.33. The molecule has 0 aliphatic carbocycles. The van der Waals surface area contributed by atoms with E-state index in [1.165, 1.54) is 0 Å². The van der Waals surface area contributed by atoms with Crippen LogP contribution in [-0.4, -0.2) is 170 Å². The van der Waals surface area contributed by atoms with Gasteiger partial charge in [-0.05, 0) is 123 Å². The average Bonchev–Trinajstić information content (AvgIpc) is 3.28. The van der Waals surface area contributed by atoms with Crippen LogP contribution in [0.1, 0.15) is 157 Å². The lowest BCUT2D eigenvalue weighted by molar-refractivity contribution is -0.171. The van der Waals surface area contributed by atoms with Crippen molar-refractivity contribution < 1.29 is 85.6 Å². The number of cyclic esters (lactones) is 2. The molecule has 20 heteroatoms. The Morgan fingerprint density at radius 1 is 0.569 bits per heavy atom. The zero-order chi connectivity index (χ0) is 55.4. The van der Waals surface area contributed by atoms with E-state index in [-0.39, 0.29) is 39.0 Å². The Hall–Kier alpha value is -4.08. The summed E-state index contributed by atoms with van der Waals surface area (Å²) in [6, 6.07) is -2.86. The summed E-state index contributed by atoms with van der Waals surface area (Å²) >= 11 is 0. The number of unbranched alkanes of at least 4 members (excludes halogenated alkanes) is 2. The molecule has 72 heavy (non-hydrogen) atoms. The fraction of sp³-hybridized carbons (Fsp3) is 0.846. The van der Waals surface area contributed by atoms with Gasteiger partial charge in [-0.1, -0.05) is 52.7 Å². The monoisotopic (exact) mass is 1030 g/mol. The van der Waals surface area contributed by atoms with Gasteiger partial charge in [0.05, 0.1) is 33.0 Å². The van der Waals surface area contributed by atoms with Crippen molar-refractivity contribution in [3.05, 3.63) is 12.2 Å². The predicted octanol–water partition coefficient (Wildman–Crippen LogP) is 9.35. The molecule has 20 nitrogen and oxygen atoms in total. The largest absolute Gasteiger partial charge is 0.458 e. The number of hydrogen-bond donors (Lipinski definition) is 0. The number of hydrogen-bond acceptors (Lipinski definition) is 18. The van der Waals surface area contributed by atoms with Crippen molar-refractivity contribution in [3.8, 4) is 0 Å². The van der Waals surface area contributed by atoms with Gasteiger partial charge in [-0.25, -0.2) is 28.8 Å². The molecule has 2 fully saturated rings. The van der Waals surface area contributed by atoms with Crippen molar-refractivity contribution >= 4 is 36.3 Å². The number of esters is 2. The quantitative estimate of drug-likeness (QED) is 0.0608. The summed E-state index contributed by atoms with van der Waals surface area (Å²) in [5, 5.41) is 0. The number of carbonyl (C=O) groups excluding carboxylic acids is 6. The second-order valence-electron chi connectivity index (χ2n) is 22.5. The predicted molar refractivity (Wildman–Crippen MR) is 267 cm³/mol. The van der Waals surface area contributed by atoms with Crippen LogP contribution in [0.15, 0.2) is 12.2 Å². The highest BCUT2D eigenvalue weighted by molar-refractivity contribution is 5.95. The third kappa shape index (κ3) is 25.7. The van der Waals surface area contributed by atoms with Crippen molar-refractivity contribution in [1.82, 2.24) is 9.80 Å². The summed E-state index contributed by atoms with van der Waals surface area (Å²) in [7, 11) is 0. The molecule has 2 heterocycles. The van der Waals surface area contributed by atoms with Gasteiger partial charge >= 0.3 is 36.3 Å². The van der Waals surface area contributed by atoms with Crippen LogP contribution < -0.4 is 0 Å². The first-order chi connectivity index (χ1) is 33.1. The Kier molecular flexibility index (Phi) is 27.8. The Morgan fingerprint density at radius 3 is 1.17 bits per heavy atom. The van der Waals surface area contributed by atoms with E-state index in [1.807, 2.05) is 20.8 Å². The van der Waals surface area contributed by atoms with Crippen molar-refractivity contribution in [2.24, 2.45) is 5.92 Å². The van der Waals surface area contributed by atoms with Gasteiger partial charge in [0.15, 0.2) is 12.1 Å². The molecule has 4 amide bonds. The number of ether oxygens (including phenoxy) is 12. The standard InChI is InChI=1S/C26H47NO9.C26H45NO9/c2*1-11-12-13-32-20-16-31-15-19(22(28)34-18(4)21(20)33-14-17(2)3)27(23(29)35-25(5,6)7)24(30)36-26(8,9)10/h17-21H,11-16H2,1-10H3;18-21H,2,11-16H2,1,3-10H3/t2*18-,19-,20-,21-/m00/s1. The molecule has 0 unspecified atom stereocenters. The van der Waals surface area contributed by atoms with Crippen LogP contribution in [0.5, 0.6) is 0 Å². The summed E-state index contributed by atoms with van der Waals surface area (Å²) in [6.45, 7) is 38.2. The topological polar surface area (TPSA) is 220 Å². The summed E-state index contributed by atoms with van der Waals surface area (Å²) in [4.78, 5) is 80.1. The highest BCUT2D eigenvalue weighted by Gasteiger charge is 2.46. The molecule has 0 bridgehead atoms. The normalized spacial score (nSPS) is 23.7. The molecule has 2 saturated heterocycles. The van der Waals surface area contributed by atoms with Crippen molar-refractivity contribution in [3.63, 3.8) is 0 Å². The zero-order valence-corrected chi connectivity index (χ0v) is 47.1. The van der Waals surface area contributed by atoms with E-state index in [0.717, 1.165) is 31.3 Å². The fourth-order valence-electron chi connectivity index (χ4n) is 6.51. The summed E-state index contributed by atoms with van der Waals surface area (Å²) < 4.78 is 68.9. The number of imide groups is 2. The Balaban J connectivity index is 0.000000720. The maximum absolute atomic E-state index is 13.3. The molecule has 0 spiro atoms. The van der Waals surface area contributed by atoms with Crippen LogP contribution in [0, 0.1) is 5.92 Å². The van der Waals surface area contributed by atoms with Gasteiger partial charge in [0.2, 0.25) is 0 Å². The molecule has 0 saturated carbocycles. The van der Waals surface area contributed by atoms with Crippen LogP contribution in [0.25, 0.3) is 0 Å². The third-order valence-corrected chi connectivity index (χ3v) is 9.71. The van der Waals surface area contributed by atoms with Crippen LogP contribution in [0.3, 0.4) is 0 Å². The smallest absolute Gasteiger partial charge is 0.420 e. The second-order valence-corrected chi connectivity index (χ2v) is 22.5. The molecule has 0 N–H and O–H groups in total. The first-order valence-corrected chi connectivity index (χ1v) is 25.3. The van der Waals surface area contributed by atoms with Gasteiger partial charge in [0.1, 0.15) is 59.0 Å². The first-order valence-electron chi connectivity index (χ1n) is 25.3. The van der Waals surface area contributed by atoms with E-state index >= 15 is 0 Å². The van der Waals surface area contributed by atoms with Gasteiger partial charge < -0.3 is 56.8 Å². The van der Waals surface area contributed by atoms with E-state index in [4.69, 9.17) is 56.8 Å². The SMILES string of the molecule is C=C(C)CO[C@H]1[C@H](C)OC(=O)[C@@H](N(C(=O)OC(C)(C)C)C(=O)OC(C)(C)C)COC[C@@H]1OCCCC.CCCCO[C@H]1COC[C@H](N(C(=O)OC(C)(C)C)C(=O)OC(C)(C)C)C(=O)O[C@@H](C)[C@@H]1OCC(C)C. The first kappa shape index (κ1) is 65.9. The van der Waals surface area contributed by atoms with Crippen LogP contribution in [0.4, 0.5) is 19.2 Å². The van der Waals surface area contributed by atoms with Gasteiger partial charge in [-0.3, -0.25) is 0 Å². The molecule has 2 aliphatic heterocycles. The van der Waals surface area contributed by atoms with E-state index < -0.39 is 107 Å². The lowest BCUT2D eigenvalue weighted by atomic mass is 10.1. The van der Waals surface area contributed by atoms with Crippen molar-refractivity contribution in [2.45, 2.75) is 228 Å². The van der Waals surface area contributed by atoms with E-state index in [9.17, 15) is 28.8 Å². The van der Waals surface area contributed by atoms with Gasteiger partial charge in [0, 0.05) is 19.8 Å². The van der Waals surface area contributed by atoms with Crippen LogP contribution >= 0.6 is 0 Å². The maximum Gasteiger partial charge on any atom is 0.420 e. The summed E-state index contributed by atoms with van der Waals surface area (Å²) in [5.74, 6) is -1.43. The highest BCUT2D eigenvalue weighted by Crippen LogP contribution is 2.25. The third-order valence-electron chi connectivity index (χ3n) is 9.71. The Labute approximate surface area is 430 Å². The molecule has 2 aliphatic rings. The summed E-state index contributed by atoms with van der Waals surface area (Å²) in [5.41, 5.74) is -2.88. The molecule has 418 valence electrons. The highest BCUT2D eigenvalue weighted by atomic mass is 16.6. The van der Waals surface area contributed by atoms with Crippen molar-refractivity contribution in [2.75, 3.05) is 52.9 Å². The number of nitrogens with zero attached hydrogens (tertiary/aromatic N) is 2. The second kappa shape index (κ2) is 30.3. The molecular formula is C52H92N2O18. The minimum Gasteiger partial charge on any atom is -0.458 e. The zero-order valence-electron chi connectivity index (χ0n) is 47.1. The van der Waals surface area contributed by atoms with Crippen LogP contribution in [0.2, 0.25) is 0 Å². The maximum atomic E-state index is 13.3. The minimum absolute atomic E-state index is 0.0541. The van der Waals surface area contributed by atoms with Crippen molar-refractivity contribution in [1.29, 1.82) is 0 Å². The molecule has 0 aromatic carbocycles. The number of carbonyl (C=O) groups is 6.